The predicted octanol–water partition coefficient (Wildman–Crippen LogP) is 1.99. The van der Waals surface area contributed by atoms with Crippen LogP contribution in [0.2, 0.25) is 0 Å². The van der Waals surface area contributed by atoms with Crippen LogP contribution < -0.4 is 4.74 Å². The largest absolute Gasteiger partial charge is 0.486 e. The van der Waals surface area contributed by atoms with Crippen LogP contribution in [-0.4, -0.2) is 25.0 Å². The summed E-state index contributed by atoms with van der Waals surface area (Å²) in [5.74, 6) is 0.257. The Morgan fingerprint density at radius 3 is 2.86 bits per heavy atom. The fourth-order valence-electron chi connectivity index (χ4n) is 1.84. The fraction of sp³-hybridized carbons (Fsp3) is 0.143. The third kappa shape index (κ3) is 2.86. The molecule has 0 saturated heterocycles. The van der Waals surface area contributed by atoms with E-state index in [-0.39, 0.29) is 6.61 Å². The van der Waals surface area contributed by atoms with E-state index < -0.39 is 5.82 Å². The summed E-state index contributed by atoms with van der Waals surface area (Å²) in [4.78, 5) is 8.00. The minimum atomic E-state index is -0.393. The Morgan fingerprint density at radius 2 is 2.14 bits per heavy atom. The van der Waals surface area contributed by atoms with Crippen LogP contribution in [0.3, 0.4) is 0 Å². The molecule has 0 unspecified atom stereocenters. The fourth-order valence-corrected chi connectivity index (χ4v) is 1.84. The van der Waals surface area contributed by atoms with Crippen LogP contribution in [-0.2, 0) is 13.7 Å². The average molecular weight is 285 g/mol. The number of ether oxygens (including phenoxy) is 1. The second kappa shape index (κ2) is 5.66. The summed E-state index contributed by atoms with van der Waals surface area (Å²) in [5.41, 5.74) is 1.87. The summed E-state index contributed by atoms with van der Waals surface area (Å²) >= 11 is 0. The van der Waals surface area contributed by atoms with Gasteiger partial charge in [-0.1, -0.05) is 5.21 Å². The number of hydrogen-bond acceptors (Lipinski definition) is 5. The van der Waals surface area contributed by atoms with Gasteiger partial charge in [0.2, 0.25) is 0 Å². The molecule has 0 aromatic carbocycles. The van der Waals surface area contributed by atoms with Crippen molar-refractivity contribution in [2.75, 3.05) is 0 Å². The van der Waals surface area contributed by atoms with Gasteiger partial charge in [0.05, 0.1) is 18.1 Å². The van der Waals surface area contributed by atoms with Gasteiger partial charge in [-0.05, 0) is 24.3 Å². The van der Waals surface area contributed by atoms with Gasteiger partial charge in [0, 0.05) is 13.2 Å². The van der Waals surface area contributed by atoms with Gasteiger partial charge in [0.1, 0.15) is 29.6 Å². The number of nitrogens with zero attached hydrogens (tertiary/aromatic N) is 5. The van der Waals surface area contributed by atoms with Crippen LogP contribution in [0.1, 0.15) is 5.69 Å². The molecule has 3 heterocycles. The summed E-state index contributed by atoms with van der Waals surface area (Å²) in [5, 5.41) is 8.03. The molecular weight excluding hydrogens is 273 g/mol. The van der Waals surface area contributed by atoms with Gasteiger partial charge >= 0.3 is 0 Å². The molecule has 0 amide bonds. The van der Waals surface area contributed by atoms with Crippen LogP contribution in [0.25, 0.3) is 11.4 Å². The molecule has 3 aromatic rings. The van der Waals surface area contributed by atoms with Crippen LogP contribution in [0.4, 0.5) is 4.39 Å². The van der Waals surface area contributed by atoms with Crippen LogP contribution >= 0.6 is 0 Å². The van der Waals surface area contributed by atoms with Crippen molar-refractivity contribution < 1.29 is 9.13 Å². The highest BCUT2D eigenvalue weighted by molar-refractivity contribution is 5.56. The summed E-state index contributed by atoms with van der Waals surface area (Å²) in [7, 11) is 1.77. The minimum Gasteiger partial charge on any atom is -0.486 e. The molecular formula is C14H12FN5O. The van der Waals surface area contributed by atoms with E-state index in [4.69, 9.17) is 4.74 Å². The molecule has 3 aromatic heterocycles. The second-order valence-corrected chi connectivity index (χ2v) is 4.35. The number of aromatic nitrogens is 5. The smallest absolute Gasteiger partial charge is 0.141 e. The Hall–Kier alpha value is -2.83. The number of hydrogen-bond donors (Lipinski definition) is 0. The molecule has 6 nitrogen and oxygen atoms in total. The van der Waals surface area contributed by atoms with Crippen molar-refractivity contribution in [3.63, 3.8) is 0 Å². The third-order valence-corrected chi connectivity index (χ3v) is 2.92. The normalized spacial score (nSPS) is 10.6. The molecule has 0 aliphatic heterocycles. The van der Waals surface area contributed by atoms with Crippen LogP contribution in [0.15, 0.2) is 42.9 Å². The summed E-state index contributed by atoms with van der Waals surface area (Å²) in [6, 6.07) is 6.50. The van der Waals surface area contributed by atoms with Gasteiger partial charge in [-0.25, -0.2) is 9.07 Å². The van der Waals surface area contributed by atoms with Crippen molar-refractivity contribution in [1.29, 1.82) is 0 Å². The molecule has 3 rings (SSSR count). The molecule has 0 atom stereocenters. The number of pyridine rings is 2. The molecule has 0 N–H and O–H groups in total. The lowest BCUT2D eigenvalue weighted by Gasteiger charge is -2.07. The zero-order valence-corrected chi connectivity index (χ0v) is 11.3. The van der Waals surface area contributed by atoms with Gasteiger partial charge < -0.3 is 4.74 Å². The quantitative estimate of drug-likeness (QED) is 0.733. The summed E-state index contributed by atoms with van der Waals surface area (Å²) < 4.78 is 20.2. The molecule has 0 aliphatic carbocycles. The van der Waals surface area contributed by atoms with E-state index in [0.29, 0.717) is 17.1 Å². The van der Waals surface area contributed by atoms with Crippen molar-refractivity contribution in [3.05, 3.63) is 54.4 Å². The molecule has 0 radical (unpaired) electrons. The highest BCUT2D eigenvalue weighted by Crippen LogP contribution is 2.20. The molecule has 0 saturated carbocycles. The SMILES string of the molecule is Cn1nnc(-c2ccc(F)cn2)c1COc1cccnc1. The molecule has 0 aliphatic rings. The van der Waals surface area contributed by atoms with Gasteiger partial charge in [-0.2, -0.15) is 0 Å². The zero-order chi connectivity index (χ0) is 14.7. The Bertz CT molecular complexity index is 727. The Kier molecular flexibility index (Phi) is 3.55. The standard InChI is InChI=1S/C14H12FN5O/c1-20-13(9-21-11-3-2-6-16-8-11)14(18-19-20)12-5-4-10(15)7-17-12/h2-8H,9H2,1H3. The van der Waals surface area contributed by atoms with Crippen molar-refractivity contribution >= 4 is 0 Å². The maximum atomic E-state index is 12.9. The van der Waals surface area contributed by atoms with E-state index in [1.165, 1.54) is 6.07 Å². The van der Waals surface area contributed by atoms with E-state index in [2.05, 4.69) is 20.3 Å². The third-order valence-electron chi connectivity index (χ3n) is 2.92. The summed E-state index contributed by atoms with van der Waals surface area (Å²) in [6.45, 7) is 0.267. The molecule has 7 heteroatoms. The maximum Gasteiger partial charge on any atom is 0.141 e. The molecule has 0 spiro atoms. The first kappa shape index (κ1) is 13.2. The van der Waals surface area contributed by atoms with Gasteiger partial charge in [-0.15, -0.1) is 5.10 Å². The van der Waals surface area contributed by atoms with Crippen molar-refractivity contribution in [3.8, 4) is 17.1 Å². The first-order valence-electron chi connectivity index (χ1n) is 6.27. The lowest BCUT2D eigenvalue weighted by molar-refractivity contribution is 0.294. The monoisotopic (exact) mass is 285 g/mol. The number of halogens is 1. The molecule has 106 valence electrons. The van der Waals surface area contributed by atoms with Crippen molar-refractivity contribution in [2.24, 2.45) is 7.05 Å². The van der Waals surface area contributed by atoms with E-state index in [1.807, 2.05) is 6.07 Å². The number of aryl methyl sites for hydroxylation is 1. The van der Waals surface area contributed by atoms with Gasteiger partial charge in [0.25, 0.3) is 0 Å². The van der Waals surface area contributed by atoms with E-state index in [0.717, 1.165) is 11.9 Å². The van der Waals surface area contributed by atoms with Gasteiger partial charge in [-0.3, -0.25) is 9.97 Å². The first-order chi connectivity index (χ1) is 10.2. The van der Waals surface area contributed by atoms with E-state index in [1.54, 1.807) is 36.3 Å². The lowest BCUT2D eigenvalue weighted by atomic mass is 10.2. The Labute approximate surface area is 120 Å². The average Bonchev–Trinajstić information content (AvgIpc) is 2.88. The highest BCUT2D eigenvalue weighted by Gasteiger charge is 2.14. The van der Waals surface area contributed by atoms with Crippen molar-refractivity contribution in [2.45, 2.75) is 6.61 Å². The Balaban J connectivity index is 1.85. The number of rotatable bonds is 4. The highest BCUT2D eigenvalue weighted by atomic mass is 19.1. The maximum absolute atomic E-state index is 12.9. The molecule has 0 bridgehead atoms. The second-order valence-electron chi connectivity index (χ2n) is 4.35. The van der Waals surface area contributed by atoms with Crippen LogP contribution in [0.5, 0.6) is 5.75 Å². The summed E-state index contributed by atoms with van der Waals surface area (Å²) in [6.07, 6.45) is 4.45. The van der Waals surface area contributed by atoms with E-state index in [9.17, 15) is 4.39 Å². The minimum absolute atomic E-state index is 0.267. The van der Waals surface area contributed by atoms with Crippen molar-refractivity contribution in [1.82, 2.24) is 25.0 Å². The van der Waals surface area contributed by atoms with Gasteiger partial charge in [0.15, 0.2) is 0 Å². The Morgan fingerprint density at radius 1 is 1.24 bits per heavy atom. The first-order valence-corrected chi connectivity index (χ1v) is 6.27. The van der Waals surface area contributed by atoms with E-state index >= 15 is 0 Å². The predicted molar refractivity (Wildman–Crippen MR) is 72.8 cm³/mol. The zero-order valence-electron chi connectivity index (χ0n) is 11.3. The molecule has 0 fully saturated rings. The molecule has 21 heavy (non-hydrogen) atoms. The topological polar surface area (TPSA) is 65.7 Å². The lowest BCUT2D eigenvalue weighted by Crippen LogP contribution is -2.04. The van der Waals surface area contributed by atoms with Crippen LogP contribution in [0, 0.1) is 5.82 Å².